The number of hydrogen-bond donors (Lipinski definition) is 0. The molecule has 1 heterocycles. The summed E-state index contributed by atoms with van der Waals surface area (Å²) in [4.78, 5) is 14.3. The maximum atomic E-state index is 12.4. The van der Waals surface area contributed by atoms with Crippen molar-refractivity contribution in [2.75, 3.05) is 7.11 Å². The number of nitrogens with zero attached hydrogens (tertiary/aromatic N) is 1. The summed E-state index contributed by atoms with van der Waals surface area (Å²) in [6, 6.07) is 1.19. The molecule has 3 nitrogen and oxygen atoms in total. The van der Waals surface area contributed by atoms with Gasteiger partial charge in [0.25, 0.3) is 0 Å². The van der Waals surface area contributed by atoms with Crippen LogP contribution in [-0.4, -0.2) is 18.1 Å². The van der Waals surface area contributed by atoms with Gasteiger partial charge in [0, 0.05) is 6.20 Å². The summed E-state index contributed by atoms with van der Waals surface area (Å²) in [5.41, 5.74) is -1.41. The quantitative estimate of drug-likeness (QED) is 0.679. The third kappa shape index (κ3) is 2.26. The van der Waals surface area contributed by atoms with Gasteiger partial charge in [0.2, 0.25) is 0 Å². The first kappa shape index (κ1) is 11.5. The van der Waals surface area contributed by atoms with Crippen molar-refractivity contribution in [2.45, 2.75) is 13.1 Å². The topological polar surface area (TPSA) is 39.2 Å². The smallest absolute Gasteiger partial charge is 0.433 e. The van der Waals surface area contributed by atoms with Crippen LogP contribution in [0.5, 0.6) is 0 Å². The lowest BCUT2D eigenvalue weighted by Gasteiger charge is -2.11. The molecule has 0 aliphatic rings. The summed E-state index contributed by atoms with van der Waals surface area (Å²) >= 11 is 0. The van der Waals surface area contributed by atoms with Crippen molar-refractivity contribution in [1.29, 1.82) is 0 Å². The van der Waals surface area contributed by atoms with Crippen molar-refractivity contribution in [1.82, 2.24) is 4.98 Å². The number of methoxy groups -OCH3 is 1. The van der Waals surface area contributed by atoms with Crippen LogP contribution in [0.1, 0.15) is 21.6 Å². The minimum Gasteiger partial charge on any atom is -0.465 e. The van der Waals surface area contributed by atoms with E-state index in [9.17, 15) is 18.0 Å². The average Bonchev–Trinajstić information content (AvgIpc) is 2.15. The third-order valence-electron chi connectivity index (χ3n) is 1.88. The van der Waals surface area contributed by atoms with Crippen LogP contribution in [0.2, 0.25) is 0 Å². The fourth-order valence-corrected chi connectivity index (χ4v) is 1.15. The van der Waals surface area contributed by atoms with Crippen molar-refractivity contribution in [2.24, 2.45) is 0 Å². The van der Waals surface area contributed by atoms with Crippen molar-refractivity contribution in [3.05, 3.63) is 29.1 Å². The molecular formula is C9H8F3NO2. The highest BCUT2D eigenvalue weighted by Crippen LogP contribution is 2.31. The van der Waals surface area contributed by atoms with Gasteiger partial charge in [0.15, 0.2) is 0 Å². The van der Waals surface area contributed by atoms with Crippen LogP contribution in [0.25, 0.3) is 0 Å². The monoisotopic (exact) mass is 219 g/mol. The highest BCUT2D eigenvalue weighted by atomic mass is 19.4. The molecule has 6 heteroatoms. The molecule has 0 unspecified atom stereocenters. The van der Waals surface area contributed by atoms with Gasteiger partial charge in [-0.05, 0) is 18.6 Å². The number of halogens is 3. The molecule has 15 heavy (non-hydrogen) atoms. The maximum Gasteiger partial charge on any atom is 0.433 e. The SMILES string of the molecule is COC(=O)c1ccnc(C(F)(F)F)c1C. The van der Waals surface area contributed by atoms with Crippen LogP contribution >= 0.6 is 0 Å². The number of rotatable bonds is 1. The normalized spacial score (nSPS) is 11.3. The third-order valence-corrected chi connectivity index (χ3v) is 1.88. The largest absolute Gasteiger partial charge is 0.465 e. The predicted octanol–water partition coefficient (Wildman–Crippen LogP) is 2.20. The summed E-state index contributed by atoms with van der Waals surface area (Å²) in [7, 11) is 1.11. The molecule has 0 N–H and O–H groups in total. The zero-order valence-electron chi connectivity index (χ0n) is 8.05. The van der Waals surface area contributed by atoms with Crippen molar-refractivity contribution in [3.8, 4) is 0 Å². The van der Waals surface area contributed by atoms with Crippen molar-refractivity contribution >= 4 is 5.97 Å². The highest BCUT2D eigenvalue weighted by molar-refractivity contribution is 5.91. The van der Waals surface area contributed by atoms with E-state index < -0.39 is 17.8 Å². The lowest BCUT2D eigenvalue weighted by atomic mass is 10.1. The molecule has 0 aromatic carbocycles. The number of esters is 1. The molecule has 1 aromatic rings. The number of carbonyl (C=O) groups excluding carboxylic acids is 1. The molecular weight excluding hydrogens is 211 g/mol. The summed E-state index contributed by atoms with van der Waals surface area (Å²) in [5.74, 6) is -0.805. The Morgan fingerprint density at radius 1 is 1.47 bits per heavy atom. The molecule has 1 rings (SSSR count). The summed E-state index contributed by atoms with van der Waals surface area (Å²) in [6.45, 7) is 1.18. The van der Waals surface area contributed by atoms with E-state index >= 15 is 0 Å². The summed E-state index contributed by atoms with van der Waals surface area (Å²) < 4.78 is 41.5. The van der Waals surface area contributed by atoms with Gasteiger partial charge in [-0.15, -0.1) is 0 Å². The predicted molar refractivity (Wildman–Crippen MR) is 45.3 cm³/mol. The van der Waals surface area contributed by atoms with Gasteiger partial charge >= 0.3 is 12.1 Å². The van der Waals surface area contributed by atoms with Gasteiger partial charge < -0.3 is 4.74 Å². The van der Waals surface area contributed by atoms with E-state index in [2.05, 4.69) is 9.72 Å². The first-order chi connectivity index (χ1) is 6.88. The van der Waals surface area contributed by atoms with Crippen molar-refractivity contribution < 1.29 is 22.7 Å². The van der Waals surface area contributed by atoms with E-state index in [1.165, 1.54) is 13.0 Å². The number of aromatic nitrogens is 1. The van der Waals surface area contributed by atoms with Crippen LogP contribution < -0.4 is 0 Å². The Hall–Kier alpha value is -1.59. The molecule has 0 atom stereocenters. The van der Waals surface area contributed by atoms with Crippen LogP contribution in [-0.2, 0) is 10.9 Å². The second-order valence-corrected chi connectivity index (χ2v) is 2.82. The maximum absolute atomic E-state index is 12.4. The molecule has 0 saturated carbocycles. The van der Waals surface area contributed by atoms with Gasteiger partial charge in [0.1, 0.15) is 5.69 Å². The molecule has 1 aromatic heterocycles. The Kier molecular flexibility index (Phi) is 2.97. The molecule has 0 aliphatic heterocycles. The Morgan fingerprint density at radius 3 is 2.53 bits per heavy atom. The molecule has 0 fully saturated rings. The van der Waals surface area contributed by atoms with Gasteiger partial charge in [-0.3, -0.25) is 4.98 Å². The molecule has 0 aliphatic carbocycles. The van der Waals surface area contributed by atoms with E-state index in [0.29, 0.717) is 0 Å². The van der Waals surface area contributed by atoms with E-state index in [0.717, 1.165) is 13.3 Å². The van der Waals surface area contributed by atoms with Crippen LogP contribution in [0.4, 0.5) is 13.2 Å². The second-order valence-electron chi connectivity index (χ2n) is 2.82. The van der Waals surface area contributed by atoms with Crippen LogP contribution in [0, 0.1) is 6.92 Å². The molecule has 0 amide bonds. The van der Waals surface area contributed by atoms with E-state index in [1.807, 2.05) is 0 Å². The average molecular weight is 219 g/mol. The standard InChI is InChI=1S/C9H8F3NO2/c1-5-6(8(14)15-2)3-4-13-7(5)9(10,11)12/h3-4H,1-2H3. The number of alkyl halides is 3. The first-order valence-corrected chi connectivity index (χ1v) is 3.99. The molecule has 82 valence electrons. The number of carbonyl (C=O) groups is 1. The fraction of sp³-hybridized carbons (Fsp3) is 0.333. The molecule has 0 saturated heterocycles. The number of hydrogen-bond acceptors (Lipinski definition) is 3. The molecule has 0 bridgehead atoms. The lowest BCUT2D eigenvalue weighted by molar-refractivity contribution is -0.141. The Labute approximate surface area is 83.9 Å². The van der Waals surface area contributed by atoms with Gasteiger partial charge in [-0.2, -0.15) is 13.2 Å². The Morgan fingerprint density at radius 2 is 2.07 bits per heavy atom. The number of ether oxygens (including phenoxy) is 1. The van der Waals surface area contributed by atoms with Gasteiger partial charge in [-0.1, -0.05) is 0 Å². The summed E-state index contributed by atoms with van der Waals surface area (Å²) in [6.07, 6.45) is -3.63. The second kappa shape index (κ2) is 3.88. The summed E-state index contributed by atoms with van der Waals surface area (Å²) in [5, 5.41) is 0. The number of pyridine rings is 1. The van der Waals surface area contributed by atoms with Gasteiger partial charge in [0.05, 0.1) is 12.7 Å². The van der Waals surface area contributed by atoms with Crippen LogP contribution in [0.3, 0.4) is 0 Å². The zero-order valence-corrected chi connectivity index (χ0v) is 8.05. The Bertz CT molecular complexity index is 387. The zero-order chi connectivity index (χ0) is 11.6. The lowest BCUT2D eigenvalue weighted by Crippen LogP contribution is -2.14. The molecule has 0 radical (unpaired) electrons. The van der Waals surface area contributed by atoms with Crippen LogP contribution in [0.15, 0.2) is 12.3 Å². The van der Waals surface area contributed by atoms with Crippen molar-refractivity contribution in [3.63, 3.8) is 0 Å². The highest BCUT2D eigenvalue weighted by Gasteiger charge is 2.35. The van der Waals surface area contributed by atoms with E-state index in [1.54, 1.807) is 0 Å². The molecule has 0 spiro atoms. The minimum absolute atomic E-state index is 0.125. The Balaban J connectivity index is 3.30. The van der Waals surface area contributed by atoms with E-state index in [-0.39, 0.29) is 11.1 Å². The fourth-order valence-electron chi connectivity index (χ4n) is 1.15. The minimum atomic E-state index is -4.56. The first-order valence-electron chi connectivity index (χ1n) is 3.99. The van der Waals surface area contributed by atoms with Gasteiger partial charge in [-0.25, -0.2) is 4.79 Å². The van der Waals surface area contributed by atoms with E-state index in [4.69, 9.17) is 0 Å².